The molecule has 22 heavy (non-hydrogen) atoms. The highest BCUT2D eigenvalue weighted by atomic mass is 16.6. The molecular formula is C15H12N2O5. The van der Waals surface area contributed by atoms with Gasteiger partial charge >= 0.3 is 0 Å². The summed E-state index contributed by atoms with van der Waals surface area (Å²) >= 11 is 0. The molecule has 112 valence electrons. The molecule has 0 aromatic heterocycles. The molecule has 1 amide bonds. The molecular weight excluding hydrogens is 288 g/mol. The first-order valence-corrected chi connectivity index (χ1v) is 6.32. The smallest absolute Gasteiger partial charge is 0.270 e. The van der Waals surface area contributed by atoms with Crippen LogP contribution in [-0.2, 0) is 4.79 Å². The van der Waals surface area contributed by atoms with E-state index in [1.807, 2.05) is 0 Å². The summed E-state index contributed by atoms with van der Waals surface area (Å²) in [5, 5.41) is 22.0. The Labute approximate surface area is 125 Å². The number of anilines is 1. The Morgan fingerprint density at radius 1 is 1.14 bits per heavy atom. The number of nitro benzene ring substituents is 1. The van der Waals surface area contributed by atoms with E-state index in [1.165, 1.54) is 12.1 Å². The van der Waals surface area contributed by atoms with E-state index < -0.39 is 23.2 Å². The van der Waals surface area contributed by atoms with Crippen LogP contribution in [0.25, 0.3) is 0 Å². The van der Waals surface area contributed by atoms with Gasteiger partial charge in [-0.1, -0.05) is 30.3 Å². The first kappa shape index (κ1) is 15.3. The molecule has 2 aromatic carbocycles. The Kier molecular flexibility index (Phi) is 4.60. The Morgan fingerprint density at radius 3 is 2.41 bits per heavy atom. The summed E-state index contributed by atoms with van der Waals surface area (Å²) in [7, 11) is 0. The summed E-state index contributed by atoms with van der Waals surface area (Å²) in [6.45, 7) is -0.754. The molecule has 0 radical (unpaired) electrons. The number of non-ortho nitro benzene ring substituents is 1. The van der Waals surface area contributed by atoms with Crippen molar-refractivity contribution in [3.63, 3.8) is 0 Å². The number of carbonyl (C=O) groups excluding carboxylic acids is 2. The number of aliphatic hydroxyl groups is 1. The molecule has 0 aliphatic heterocycles. The number of ketones is 1. The lowest BCUT2D eigenvalue weighted by Gasteiger charge is -2.09. The summed E-state index contributed by atoms with van der Waals surface area (Å²) < 4.78 is 0. The number of hydrogen-bond donors (Lipinski definition) is 2. The lowest BCUT2D eigenvalue weighted by atomic mass is 10.0. The maximum Gasteiger partial charge on any atom is 0.270 e. The molecule has 0 heterocycles. The molecule has 7 heteroatoms. The first-order valence-electron chi connectivity index (χ1n) is 6.32. The fourth-order valence-corrected chi connectivity index (χ4v) is 1.88. The van der Waals surface area contributed by atoms with Gasteiger partial charge in [-0.25, -0.2) is 0 Å². The van der Waals surface area contributed by atoms with Crippen LogP contribution in [0, 0.1) is 10.1 Å². The van der Waals surface area contributed by atoms with Crippen LogP contribution in [0.4, 0.5) is 11.4 Å². The number of nitrogens with one attached hydrogen (secondary N) is 1. The van der Waals surface area contributed by atoms with Gasteiger partial charge in [-0.15, -0.1) is 0 Å². The molecule has 0 fully saturated rings. The van der Waals surface area contributed by atoms with Crippen molar-refractivity contribution in [2.75, 3.05) is 11.9 Å². The minimum atomic E-state index is -0.754. The van der Waals surface area contributed by atoms with Crippen LogP contribution in [0.2, 0.25) is 0 Å². The van der Waals surface area contributed by atoms with Crippen LogP contribution >= 0.6 is 0 Å². The maximum absolute atomic E-state index is 12.5. The second kappa shape index (κ2) is 6.59. The standard InChI is InChI=1S/C15H12N2O5/c18-9-14(19)16-13-7-6-11(17(21)22)8-12(13)15(20)10-4-2-1-3-5-10/h1-8,18H,9H2,(H,16,19). The summed E-state index contributed by atoms with van der Waals surface area (Å²) in [5.41, 5.74) is 0.171. The van der Waals surface area contributed by atoms with Crippen molar-refractivity contribution >= 4 is 23.1 Å². The summed E-state index contributed by atoms with van der Waals surface area (Å²) in [6.07, 6.45) is 0. The van der Waals surface area contributed by atoms with Crippen LogP contribution < -0.4 is 5.32 Å². The molecule has 0 bridgehead atoms. The molecule has 0 aliphatic carbocycles. The van der Waals surface area contributed by atoms with Gasteiger partial charge in [0.2, 0.25) is 5.91 Å². The van der Waals surface area contributed by atoms with E-state index in [1.54, 1.807) is 30.3 Å². The number of amides is 1. The van der Waals surface area contributed by atoms with Crippen LogP contribution in [0.15, 0.2) is 48.5 Å². The summed E-state index contributed by atoms with van der Waals surface area (Å²) in [4.78, 5) is 34.0. The monoisotopic (exact) mass is 300 g/mol. The third-order valence-corrected chi connectivity index (χ3v) is 2.91. The topological polar surface area (TPSA) is 110 Å². The number of hydrogen-bond acceptors (Lipinski definition) is 5. The quantitative estimate of drug-likeness (QED) is 0.496. The second-order valence-electron chi connectivity index (χ2n) is 4.39. The van der Waals surface area contributed by atoms with Gasteiger partial charge in [0.15, 0.2) is 5.78 Å². The largest absolute Gasteiger partial charge is 0.387 e. The van der Waals surface area contributed by atoms with Crippen LogP contribution in [0.1, 0.15) is 15.9 Å². The minimum Gasteiger partial charge on any atom is -0.387 e. The number of benzene rings is 2. The number of nitro groups is 1. The van der Waals surface area contributed by atoms with Crippen molar-refractivity contribution < 1.29 is 19.6 Å². The first-order chi connectivity index (χ1) is 10.5. The Bertz CT molecular complexity index is 728. The van der Waals surface area contributed by atoms with E-state index in [9.17, 15) is 19.7 Å². The molecule has 0 saturated carbocycles. The highest BCUT2D eigenvalue weighted by molar-refractivity contribution is 6.14. The maximum atomic E-state index is 12.5. The van der Waals surface area contributed by atoms with Crippen LogP contribution in [0.5, 0.6) is 0 Å². The van der Waals surface area contributed by atoms with Gasteiger partial charge < -0.3 is 10.4 Å². The van der Waals surface area contributed by atoms with Gasteiger partial charge in [0, 0.05) is 17.7 Å². The second-order valence-corrected chi connectivity index (χ2v) is 4.39. The summed E-state index contributed by atoms with van der Waals surface area (Å²) in [6, 6.07) is 11.7. The minimum absolute atomic E-state index is 0.0119. The Hall–Kier alpha value is -3.06. The predicted molar refractivity (Wildman–Crippen MR) is 78.7 cm³/mol. The average molecular weight is 300 g/mol. The van der Waals surface area contributed by atoms with Gasteiger partial charge in [0.25, 0.3) is 5.69 Å². The lowest BCUT2D eigenvalue weighted by Crippen LogP contribution is -2.18. The zero-order chi connectivity index (χ0) is 16.1. The number of aliphatic hydroxyl groups excluding tert-OH is 1. The number of rotatable bonds is 5. The highest BCUT2D eigenvalue weighted by Gasteiger charge is 2.19. The summed E-state index contributed by atoms with van der Waals surface area (Å²) in [5.74, 6) is -1.17. The zero-order valence-corrected chi connectivity index (χ0v) is 11.4. The van der Waals surface area contributed by atoms with E-state index in [4.69, 9.17) is 5.11 Å². The molecule has 0 atom stereocenters. The Balaban J connectivity index is 2.49. The molecule has 2 N–H and O–H groups in total. The number of nitrogens with zero attached hydrogens (tertiary/aromatic N) is 1. The molecule has 0 saturated heterocycles. The van der Waals surface area contributed by atoms with Gasteiger partial charge in [0.05, 0.1) is 16.2 Å². The molecule has 0 unspecified atom stereocenters. The molecule has 0 aliphatic rings. The fourth-order valence-electron chi connectivity index (χ4n) is 1.88. The third-order valence-electron chi connectivity index (χ3n) is 2.91. The number of carbonyl (C=O) groups is 2. The zero-order valence-electron chi connectivity index (χ0n) is 11.4. The van der Waals surface area contributed by atoms with E-state index >= 15 is 0 Å². The molecule has 2 rings (SSSR count). The van der Waals surface area contributed by atoms with E-state index in [0.29, 0.717) is 5.56 Å². The molecule has 0 spiro atoms. The van der Waals surface area contributed by atoms with Crippen molar-refractivity contribution in [2.45, 2.75) is 0 Å². The average Bonchev–Trinajstić information content (AvgIpc) is 2.55. The van der Waals surface area contributed by atoms with Gasteiger partial charge in [-0.2, -0.15) is 0 Å². The van der Waals surface area contributed by atoms with E-state index in [-0.39, 0.29) is 16.9 Å². The third kappa shape index (κ3) is 3.33. The van der Waals surface area contributed by atoms with Crippen molar-refractivity contribution in [1.82, 2.24) is 0 Å². The highest BCUT2D eigenvalue weighted by Crippen LogP contribution is 2.24. The van der Waals surface area contributed by atoms with Gasteiger partial charge in [-0.05, 0) is 6.07 Å². The molecule has 2 aromatic rings. The van der Waals surface area contributed by atoms with Gasteiger partial charge in [0.1, 0.15) is 6.61 Å². The van der Waals surface area contributed by atoms with Crippen LogP contribution in [-0.4, -0.2) is 28.3 Å². The lowest BCUT2D eigenvalue weighted by molar-refractivity contribution is -0.384. The van der Waals surface area contributed by atoms with Gasteiger partial charge in [-0.3, -0.25) is 19.7 Å². The fraction of sp³-hybridized carbons (Fsp3) is 0.0667. The van der Waals surface area contributed by atoms with Crippen molar-refractivity contribution in [1.29, 1.82) is 0 Å². The molecule has 7 nitrogen and oxygen atoms in total. The van der Waals surface area contributed by atoms with Crippen molar-refractivity contribution in [2.24, 2.45) is 0 Å². The predicted octanol–water partition coefficient (Wildman–Crippen LogP) is 1.76. The normalized spacial score (nSPS) is 10.0. The van der Waals surface area contributed by atoms with Crippen molar-refractivity contribution in [3.05, 3.63) is 69.8 Å². The Morgan fingerprint density at radius 2 is 1.82 bits per heavy atom. The van der Waals surface area contributed by atoms with Crippen LogP contribution in [0.3, 0.4) is 0 Å². The SMILES string of the molecule is O=C(CO)Nc1ccc([N+](=O)[O-])cc1C(=O)c1ccccc1. The van der Waals surface area contributed by atoms with E-state index in [0.717, 1.165) is 6.07 Å². The van der Waals surface area contributed by atoms with E-state index in [2.05, 4.69) is 5.32 Å². The van der Waals surface area contributed by atoms with Crippen molar-refractivity contribution in [3.8, 4) is 0 Å².